The van der Waals surface area contributed by atoms with Gasteiger partial charge in [-0.25, -0.2) is 0 Å². The number of likely N-dealkylation sites (tertiary alicyclic amines) is 1. The van der Waals surface area contributed by atoms with Crippen molar-refractivity contribution < 1.29 is 19.4 Å². The number of carbonyl (C=O) groups is 2. The Morgan fingerprint density at radius 3 is 2.60 bits per heavy atom. The molecule has 178 valence electrons. The SMILES string of the molecule is C[C@H]1Cc2cc(/C(O)=C3\C(=O)C(=O)N(Cc4cccnc4)[C@H]3c3ccc(N(C)C)cc3)ccc2O1. The molecule has 0 saturated carbocycles. The summed E-state index contributed by atoms with van der Waals surface area (Å²) in [5.41, 5.74) is 4.09. The second-order valence-corrected chi connectivity index (χ2v) is 9.23. The molecule has 35 heavy (non-hydrogen) atoms. The number of aliphatic hydroxyl groups excluding tert-OH is 1. The molecule has 0 aliphatic carbocycles. The monoisotopic (exact) mass is 469 g/mol. The number of aromatic nitrogens is 1. The fraction of sp³-hybridized carbons (Fsp3) is 0.250. The predicted octanol–water partition coefficient (Wildman–Crippen LogP) is 4.09. The molecular weight excluding hydrogens is 442 g/mol. The average Bonchev–Trinajstić information content (AvgIpc) is 3.35. The number of hydrogen-bond acceptors (Lipinski definition) is 6. The third-order valence-electron chi connectivity index (χ3n) is 6.51. The summed E-state index contributed by atoms with van der Waals surface area (Å²) in [7, 11) is 3.89. The molecule has 1 N–H and O–H groups in total. The highest BCUT2D eigenvalue weighted by molar-refractivity contribution is 6.46. The third-order valence-corrected chi connectivity index (χ3v) is 6.51. The van der Waals surface area contributed by atoms with Crippen molar-refractivity contribution >= 4 is 23.1 Å². The molecule has 1 fully saturated rings. The van der Waals surface area contributed by atoms with Crippen LogP contribution in [0.3, 0.4) is 0 Å². The van der Waals surface area contributed by atoms with Gasteiger partial charge in [0.15, 0.2) is 0 Å². The lowest BCUT2D eigenvalue weighted by molar-refractivity contribution is -0.140. The van der Waals surface area contributed by atoms with Crippen LogP contribution in [0.15, 0.2) is 72.6 Å². The summed E-state index contributed by atoms with van der Waals surface area (Å²) in [6.07, 6.45) is 4.12. The maximum absolute atomic E-state index is 13.3. The minimum absolute atomic E-state index is 0.0580. The standard InChI is InChI=1S/C28H27N3O4/c1-17-13-21-14-20(8-11-23(21)35-17)26(32)24-25(19-6-9-22(10-7-19)30(2)3)31(28(34)27(24)33)16-18-5-4-12-29-15-18/h4-12,14-15,17,25,32H,13,16H2,1-3H3/b26-24+/t17-,25-/m0/s1. The second-order valence-electron chi connectivity index (χ2n) is 9.23. The third kappa shape index (κ3) is 4.14. The Morgan fingerprint density at radius 1 is 1.14 bits per heavy atom. The topological polar surface area (TPSA) is 83.0 Å². The summed E-state index contributed by atoms with van der Waals surface area (Å²) in [5, 5.41) is 11.4. The van der Waals surface area contributed by atoms with Crippen LogP contribution in [0, 0.1) is 0 Å². The highest BCUT2D eigenvalue weighted by atomic mass is 16.5. The van der Waals surface area contributed by atoms with Gasteiger partial charge in [0.25, 0.3) is 11.7 Å². The molecule has 3 heterocycles. The molecule has 7 nitrogen and oxygen atoms in total. The molecule has 3 aromatic rings. The van der Waals surface area contributed by atoms with Crippen LogP contribution < -0.4 is 9.64 Å². The van der Waals surface area contributed by atoms with Crippen molar-refractivity contribution in [3.8, 4) is 5.75 Å². The quantitative estimate of drug-likeness (QED) is 0.344. The fourth-order valence-electron chi connectivity index (χ4n) is 4.76. The largest absolute Gasteiger partial charge is 0.507 e. The van der Waals surface area contributed by atoms with E-state index in [0.717, 1.165) is 34.5 Å². The minimum Gasteiger partial charge on any atom is -0.507 e. The molecule has 7 heteroatoms. The van der Waals surface area contributed by atoms with Gasteiger partial charge < -0.3 is 19.6 Å². The van der Waals surface area contributed by atoms with E-state index in [-0.39, 0.29) is 24.0 Å². The second kappa shape index (κ2) is 8.91. The number of amides is 1. The molecule has 2 aliphatic rings. The molecular formula is C28H27N3O4. The number of ether oxygens (including phenoxy) is 1. The van der Waals surface area contributed by atoms with Crippen molar-refractivity contribution in [3.63, 3.8) is 0 Å². The van der Waals surface area contributed by atoms with Crippen LogP contribution in [-0.4, -0.2) is 46.9 Å². The molecule has 0 unspecified atom stereocenters. The van der Waals surface area contributed by atoms with Crippen LogP contribution in [-0.2, 0) is 22.6 Å². The predicted molar refractivity (Wildman–Crippen MR) is 133 cm³/mol. The molecule has 2 atom stereocenters. The molecule has 2 aromatic carbocycles. The summed E-state index contributed by atoms with van der Waals surface area (Å²) in [4.78, 5) is 34.2. The van der Waals surface area contributed by atoms with Gasteiger partial charge in [0.1, 0.15) is 17.6 Å². The minimum atomic E-state index is -0.727. The Balaban J connectivity index is 1.62. The van der Waals surface area contributed by atoms with E-state index >= 15 is 0 Å². The smallest absolute Gasteiger partial charge is 0.295 e. The van der Waals surface area contributed by atoms with E-state index in [9.17, 15) is 14.7 Å². The molecule has 1 aromatic heterocycles. The first kappa shape index (κ1) is 22.7. The molecule has 0 radical (unpaired) electrons. The van der Waals surface area contributed by atoms with Gasteiger partial charge in [0.2, 0.25) is 0 Å². The normalized spacial score (nSPS) is 20.6. The van der Waals surface area contributed by atoms with Gasteiger partial charge in [-0.05, 0) is 60.0 Å². The van der Waals surface area contributed by atoms with Gasteiger partial charge in [-0.3, -0.25) is 14.6 Å². The number of hydrogen-bond donors (Lipinski definition) is 1. The lowest BCUT2D eigenvalue weighted by atomic mass is 9.94. The highest BCUT2D eigenvalue weighted by Gasteiger charge is 2.46. The Kier molecular flexibility index (Phi) is 5.76. The Labute approximate surface area is 204 Å². The van der Waals surface area contributed by atoms with Gasteiger partial charge in [-0.15, -0.1) is 0 Å². The number of Topliss-reactive ketones (excluding diaryl/α,β-unsaturated/α-hetero) is 1. The Bertz CT molecular complexity index is 1320. The van der Waals surface area contributed by atoms with Crippen LogP contribution in [0.4, 0.5) is 5.69 Å². The van der Waals surface area contributed by atoms with Gasteiger partial charge >= 0.3 is 0 Å². The number of anilines is 1. The molecule has 2 aliphatic heterocycles. The van der Waals surface area contributed by atoms with Crippen LogP contribution in [0.1, 0.15) is 35.2 Å². The van der Waals surface area contributed by atoms with E-state index in [1.165, 1.54) is 4.90 Å². The Hall–Kier alpha value is -4.13. The number of pyridine rings is 1. The first-order valence-corrected chi connectivity index (χ1v) is 11.6. The summed E-state index contributed by atoms with van der Waals surface area (Å²) >= 11 is 0. The molecule has 1 saturated heterocycles. The number of carbonyl (C=O) groups excluding carboxylic acids is 2. The van der Waals surface area contributed by atoms with Gasteiger partial charge in [-0.2, -0.15) is 0 Å². The maximum Gasteiger partial charge on any atom is 0.295 e. The van der Waals surface area contributed by atoms with Crippen LogP contribution in [0.25, 0.3) is 5.76 Å². The fourth-order valence-corrected chi connectivity index (χ4v) is 4.76. The molecule has 0 spiro atoms. The van der Waals surface area contributed by atoms with E-state index < -0.39 is 17.7 Å². The molecule has 5 rings (SSSR count). The number of rotatable bonds is 5. The number of nitrogens with zero attached hydrogens (tertiary/aromatic N) is 3. The summed E-state index contributed by atoms with van der Waals surface area (Å²) in [6, 6.07) is 16.0. The number of ketones is 1. The zero-order valence-corrected chi connectivity index (χ0v) is 19.9. The number of aliphatic hydroxyl groups is 1. The van der Waals surface area contributed by atoms with E-state index in [1.54, 1.807) is 30.6 Å². The lowest BCUT2D eigenvalue weighted by Gasteiger charge is -2.26. The molecule has 1 amide bonds. The van der Waals surface area contributed by atoms with Crippen LogP contribution in [0.5, 0.6) is 5.75 Å². The Morgan fingerprint density at radius 2 is 1.91 bits per heavy atom. The van der Waals surface area contributed by atoms with Gasteiger partial charge in [0.05, 0.1) is 11.6 Å². The molecule has 0 bridgehead atoms. The van der Waals surface area contributed by atoms with Crippen molar-refractivity contribution in [3.05, 3.63) is 94.8 Å². The van der Waals surface area contributed by atoms with Crippen molar-refractivity contribution in [1.29, 1.82) is 0 Å². The van der Waals surface area contributed by atoms with Gasteiger partial charge in [-0.1, -0.05) is 18.2 Å². The van der Waals surface area contributed by atoms with Crippen molar-refractivity contribution in [2.75, 3.05) is 19.0 Å². The average molecular weight is 470 g/mol. The van der Waals surface area contributed by atoms with Crippen molar-refractivity contribution in [2.45, 2.75) is 32.0 Å². The summed E-state index contributed by atoms with van der Waals surface area (Å²) in [6.45, 7) is 2.19. The van der Waals surface area contributed by atoms with E-state index in [0.29, 0.717) is 5.56 Å². The first-order chi connectivity index (χ1) is 16.8. The highest BCUT2D eigenvalue weighted by Crippen LogP contribution is 2.41. The summed E-state index contributed by atoms with van der Waals surface area (Å²) < 4.78 is 5.77. The van der Waals surface area contributed by atoms with E-state index in [2.05, 4.69) is 4.98 Å². The van der Waals surface area contributed by atoms with Gasteiger partial charge in [0, 0.05) is 50.7 Å². The van der Waals surface area contributed by atoms with Crippen molar-refractivity contribution in [2.24, 2.45) is 0 Å². The first-order valence-electron chi connectivity index (χ1n) is 11.6. The summed E-state index contributed by atoms with van der Waals surface area (Å²) in [5.74, 6) is -0.739. The number of benzene rings is 2. The lowest BCUT2D eigenvalue weighted by Crippen LogP contribution is -2.29. The van der Waals surface area contributed by atoms with E-state index in [4.69, 9.17) is 4.74 Å². The maximum atomic E-state index is 13.3. The van der Waals surface area contributed by atoms with Crippen LogP contribution in [0.2, 0.25) is 0 Å². The van der Waals surface area contributed by atoms with Crippen molar-refractivity contribution in [1.82, 2.24) is 9.88 Å². The zero-order chi connectivity index (χ0) is 24.7. The van der Waals surface area contributed by atoms with E-state index in [1.807, 2.05) is 62.3 Å². The van der Waals surface area contributed by atoms with Crippen LogP contribution >= 0.6 is 0 Å². The number of fused-ring (bicyclic) bond motifs is 1. The zero-order valence-electron chi connectivity index (χ0n) is 19.9.